The number of hydrogen-bond acceptors (Lipinski definition) is 5. The molecule has 0 spiro atoms. The molecule has 2 aromatic carbocycles. The van der Waals surface area contributed by atoms with Crippen molar-refractivity contribution in [1.82, 2.24) is 0 Å². The number of thioether (sulfide) groups is 1. The van der Waals surface area contributed by atoms with E-state index in [9.17, 15) is 14.4 Å². The predicted octanol–water partition coefficient (Wildman–Crippen LogP) is 3.18. The molecule has 2 aliphatic rings. The van der Waals surface area contributed by atoms with Gasteiger partial charge in [0.05, 0.1) is 17.1 Å². The molecule has 1 aliphatic carbocycles. The molecule has 150 valence electrons. The number of aryl methyl sites for hydroxylation is 2. The zero-order valence-corrected chi connectivity index (χ0v) is 17.0. The lowest BCUT2D eigenvalue weighted by Gasteiger charge is -2.30. The maximum atomic E-state index is 12.8. The summed E-state index contributed by atoms with van der Waals surface area (Å²) in [5.41, 5.74) is 3.92. The minimum absolute atomic E-state index is 0.0956. The van der Waals surface area contributed by atoms with E-state index in [1.54, 1.807) is 24.3 Å². The van der Waals surface area contributed by atoms with Crippen LogP contribution in [0.2, 0.25) is 0 Å². The summed E-state index contributed by atoms with van der Waals surface area (Å²) in [4.78, 5) is 39.4. The van der Waals surface area contributed by atoms with Gasteiger partial charge in [0.2, 0.25) is 5.91 Å². The number of carbonyl (C=O) groups excluding carboxylic acids is 3. The first kappa shape index (κ1) is 19.5. The number of amides is 2. The largest absolute Gasteiger partial charge is 0.452 e. The van der Waals surface area contributed by atoms with Gasteiger partial charge in [-0.15, -0.1) is 11.8 Å². The Hall–Kier alpha value is -2.80. The van der Waals surface area contributed by atoms with E-state index in [1.165, 1.54) is 41.1 Å². The third-order valence-electron chi connectivity index (χ3n) is 5.12. The molecule has 4 rings (SSSR count). The van der Waals surface area contributed by atoms with E-state index in [0.29, 0.717) is 11.4 Å². The zero-order chi connectivity index (χ0) is 20.4. The molecule has 1 atom stereocenters. The molecule has 7 heteroatoms. The third kappa shape index (κ3) is 4.29. The molecule has 0 aromatic heterocycles. The fourth-order valence-electron chi connectivity index (χ4n) is 3.71. The number of carbonyl (C=O) groups is 3. The number of nitrogens with zero attached hydrogens (tertiary/aromatic N) is 1. The smallest absolute Gasteiger partial charge is 0.317 e. The summed E-state index contributed by atoms with van der Waals surface area (Å²) >= 11 is 1.41. The van der Waals surface area contributed by atoms with Crippen LogP contribution in [0.15, 0.2) is 47.4 Å². The summed E-state index contributed by atoms with van der Waals surface area (Å²) in [6.45, 7) is 1.44. The second-order valence-electron chi connectivity index (χ2n) is 7.19. The van der Waals surface area contributed by atoms with Crippen LogP contribution >= 0.6 is 11.8 Å². The molecule has 2 amide bonds. The van der Waals surface area contributed by atoms with Crippen molar-refractivity contribution in [3.63, 3.8) is 0 Å². The lowest BCUT2D eigenvalue weighted by molar-refractivity contribution is -0.151. The number of anilines is 2. The van der Waals surface area contributed by atoms with E-state index >= 15 is 0 Å². The van der Waals surface area contributed by atoms with Gasteiger partial charge in [-0.25, -0.2) is 0 Å². The Morgan fingerprint density at radius 2 is 1.97 bits per heavy atom. The molecular weight excluding hydrogens is 388 g/mol. The van der Waals surface area contributed by atoms with Gasteiger partial charge in [0.15, 0.2) is 6.10 Å². The Morgan fingerprint density at radius 3 is 2.83 bits per heavy atom. The number of hydrogen-bond donors (Lipinski definition) is 1. The second kappa shape index (κ2) is 8.29. The van der Waals surface area contributed by atoms with E-state index in [4.69, 9.17) is 4.74 Å². The fraction of sp³-hybridized carbons (Fsp3) is 0.318. The average Bonchev–Trinajstić information content (AvgIpc) is 3.19. The van der Waals surface area contributed by atoms with Gasteiger partial charge in [-0.05, 0) is 61.6 Å². The first-order valence-electron chi connectivity index (χ1n) is 9.65. The molecule has 0 saturated heterocycles. The highest BCUT2D eigenvalue weighted by atomic mass is 32.2. The van der Waals surface area contributed by atoms with Crippen LogP contribution in [0.25, 0.3) is 0 Å². The standard InChI is InChI=1S/C22H22N2O4S/c1-14(22(27)24-12-20(25)23-18-7-2-3-8-19(18)24)28-21(26)13-29-17-10-9-15-5-4-6-16(15)11-17/h2-3,7-11,14H,4-6,12-13H2,1H3,(H,23,25)/t14-/m1/s1. The Morgan fingerprint density at radius 1 is 1.17 bits per heavy atom. The quantitative estimate of drug-likeness (QED) is 0.605. The van der Waals surface area contributed by atoms with Crippen molar-refractivity contribution >= 4 is 40.9 Å². The highest BCUT2D eigenvalue weighted by Gasteiger charge is 2.31. The van der Waals surface area contributed by atoms with Crippen LogP contribution < -0.4 is 10.2 Å². The van der Waals surface area contributed by atoms with Gasteiger partial charge < -0.3 is 10.1 Å². The van der Waals surface area contributed by atoms with Crippen molar-refractivity contribution in [3.05, 3.63) is 53.6 Å². The number of esters is 1. The fourth-order valence-corrected chi connectivity index (χ4v) is 4.45. The van der Waals surface area contributed by atoms with Crippen molar-refractivity contribution in [2.45, 2.75) is 37.2 Å². The van der Waals surface area contributed by atoms with Gasteiger partial charge in [-0.3, -0.25) is 19.3 Å². The van der Waals surface area contributed by atoms with Crippen LogP contribution in [0.5, 0.6) is 0 Å². The number of fused-ring (bicyclic) bond motifs is 2. The first-order chi connectivity index (χ1) is 14.0. The van der Waals surface area contributed by atoms with Gasteiger partial charge in [-0.1, -0.05) is 18.2 Å². The Kier molecular flexibility index (Phi) is 5.58. The monoisotopic (exact) mass is 410 g/mol. The topological polar surface area (TPSA) is 75.7 Å². The molecule has 6 nitrogen and oxygen atoms in total. The van der Waals surface area contributed by atoms with Gasteiger partial charge in [0, 0.05) is 4.90 Å². The van der Waals surface area contributed by atoms with Crippen LogP contribution in [0.1, 0.15) is 24.5 Å². The van der Waals surface area contributed by atoms with E-state index < -0.39 is 18.0 Å². The van der Waals surface area contributed by atoms with Crippen molar-refractivity contribution in [2.24, 2.45) is 0 Å². The molecule has 0 fully saturated rings. The Labute approximate surface area is 173 Å². The molecule has 0 bridgehead atoms. The molecular formula is C22H22N2O4S. The zero-order valence-electron chi connectivity index (χ0n) is 16.1. The van der Waals surface area contributed by atoms with E-state index in [0.717, 1.165) is 17.7 Å². The predicted molar refractivity (Wildman–Crippen MR) is 112 cm³/mol. The van der Waals surface area contributed by atoms with Crippen molar-refractivity contribution in [2.75, 3.05) is 22.5 Å². The average molecular weight is 410 g/mol. The third-order valence-corrected chi connectivity index (χ3v) is 6.09. The van der Waals surface area contributed by atoms with Crippen LogP contribution in [-0.4, -0.2) is 36.2 Å². The van der Waals surface area contributed by atoms with Gasteiger partial charge >= 0.3 is 5.97 Å². The lowest BCUT2D eigenvalue weighted by atomic mass is 10.1. The van der Waals surface area contributed by atoms with Crippen LogP contribution in [0, 0.1) is 0 Å². The van der Waals surface area contributed by atoms with Gasteiger partial charge in [0.1, 0.15) is 6.54 Å². The molecule has 1 aliphatic heterocycles. The van der Waals surface area contributed by atoms with Crippen LogP contribution in [0.3, 0.4) is 0 Å². The lowest BCUT2D eigenvalue weighted by Crippen LogP contribution is -2.47. The molecule has 2 aromatic rings. The first-order valence-corrected chi connectivity index (χ1v) is 10.6. The van der Waals surface area contributed by atoms with Crippen LogP contribution in [-0.2, 0) is 32.0 Å². The maximum absolute atomic E-state index is 12.8. The molecule has 1 heterocycles. The van der Waals surface area contributed by atoms with Crippen molar-refractivity contribution in [3.8, 4) is 0 Å². The summed E-state index contributed by atoms with van der Waals surface area (Å²) in [6, 6.07) is 13.4. The SMILES string of the molecule is C[C@@H](OC(=O)CSc1ccc2c(c1)CCC2)C(=O)N1CC(=O)Nc2ccccc21. The Balaban J connectivity index is 1.35. The van der Waals surface area contributed by atoms with Gasteiger partial charge in [0.25, 0.3) is 5.91 Å². The number of benzene rings is 2. The summed E-state index contributed by atoms with van der Waals surface area (Å²) in [6.07, 6.45) is 2.43. The highest BCUT2D eigenvalue weighted by molar-refractivity contribution is 8.00. The van der Waals surface area contributed by atoms with E-state index in [1.807, 2.05) is 6.07 Å². The second-order valence-corrected chi connectivity index (χ2v) is 8.24. The maximum Gasteiger partial charge on any atom is 0.317 e. The number of ether oxygens (including phenoxy) is 1. The molecule has 1 N–H and O–H groups in total. The highest BCUT2D eigenvalue weighted by Crippen LogP contribution is 2.30. The summed E-state index contributed by atoms with van der Waals surface area (Å²) in [5, 5.41) is 2.74. The van der Waals surface area contributed by atoms with Crippen molar-refractivity contribution in [1.29, 1.82) is 0 Å². The minimum Gasteiger partial charge on any atom is -0.452 e. The molecule has 0 radical (unpaired) electrons. The van der Waals surface area contributed by atoms with E-state index in [-0.39, 0.29) is 18.2 Å². The van der Waals surface area contributed by atoms with E-state index in [2.05, 4.69) is 17.4 Å². The summed E-state index contributed by atoms with van der Waals surface area (Å²) in [5.74, 6) is -1.01. The number of para-hydroxylation sites is 2. The summed E-state index contributed by atoms with van der Waals surface area (Å²) < 4.78 is 5.35. The molecule has 0 unspecified atom stereocenters. The number of rotatable bonds is 5. The number of nitrogens with one attached hydrogen (secondary N) is 1. The summed E-state index contributed by atoms with van der Waals surface area (Å²) in [7, 11) is 0. The minimum atomic E-state index is -0.970. The molecule has 0 saturated carbocycles. The Bertz CT molecular complexity index is 975. The van der Waals surface area contributed by atoms with Gasteiger partial charge in [-0.2, -0.15) is 0 Å². The molecule has 29 heavy (non-hydrogen) atoms. The normalized spacial score (nSPS) is 15.9. The van der Waals surface area contributed by atoms with Crippen molar-refractivity contribution < 1.29 is 19.1 Å². The van der Waals surface area contributed by atoms with Crippen LogP contribution in [0.4, 0.5) is 11.4 Å².